The van der Waals surface area contributed by atoms with Crippen LogP contribution in [0.15, 0.2) is 18.2 Å². The van der Waals surface area contributed by atoms with E-state index in [1.807, 2.05) is 0 Å². The molecule has 0 aromatic heterocycles. The second kappa shape index (κ2) is 4.93. The number of nitrogens with zero attached hydrogens (tertiary/aromatic N) is 1. The Balaban J connectivity index is 3.07. The van der Waals surface area contributed by atoms with E-state index in [-0.39, 0.29) is 18.2 Å². The molecule has 0 aliphatic heterocycles. The second-order valence-electron chi connectivity index (χ2n) is 3.31. The van der Waals surface area contributed by atoms with Gasteiger partial charge < -0.3 is 10.0 Å². The molecule has 0 saturated heterocycles. The van der Waals surface area contributed by atoms with Gasteiger partial charge in [0.25, 0.3) is 0 Å². The first-order valence-electron chi connectivity index (χ1n) is 4.55. The lowest BCUT2D eigenvalue weighted by atomic mass is 10.2. The molecule has 0 heterocycles. The number of hydrogen-bond donors (Lipinski definition) is 1. The van der Waals surface area contributed by atoms with Gasteiger partial charge in [0.2, 0.25) is 0 Å². The second-order valence-corrected chi connectivity index (χ2v) is 3.71. The molecule has 1 aromatic carbocycles. The van der Waals surface area contributed by atoms with Crippen molar-refractivity contribution in [2.75, 3.05) is 25.1 Å². The van der Waals surface area contributed by atoms with E-state index in [1.54, 1.807) is 7.05 Å². The van der Waals surface area contributed by atoms with Crippen LogP contribution in [-0.2, 0) is 6.18 Å². The quantitative estimate of drug-likeness (QED) is 0.895. The summed E-state index contributed by atoms with van der Waals surface area (Å²) in [7, 11) is 1.60. The zero-order valence-corrected chi connectivity index (χ0v) is 9.31. The average Bonchev–Trinajstić information content (AvgIpc) is 2.16. The highest BCUT2D eigenvalue weighted by Crippen LogP contribution is 2.36. The molecule has 90 valence electrons. The van der Waals surface area contributed by atoms with Crippen LogP contribution in [0, 0.1) is 0 Å². The summed E-state index contributed by atoms with van der Waals surface area (Å²) in [6, 6.07) is 3.65. The van der Waals surface area contributed by atoms with Crippen LogP contribution in [0.3, 0.4) is 0 Å². The number of alkyl halides is 3. The molecule has 0 atom stereocenters. The first-order chi connectivity index (χ1) is 7.36. The monoisotopic (exact) mass is 253 g/mol. The lowest BCUT2D eigenvalue weighted by Crippen LogP contribution is -2.21. The van der Waals surface area contributed by atoms with E-state index in [9.17, 15) is 13.2 Å². The summed E-state index contributed by atoms with van der Waals surface area (Å²) in [5, 5.41) is 8.37. The molecular weight excluding hydrogens is 243 g/mol. The van der Waals surface area contributed by atoms with E-state index >= 15 is 0 Å². The van der Waals surface area contributed by atoms with Gasteiger partial charge in [0.1, 0.15) is 0 Å². The molecule has 6 heteroatoms. The van der Waals surface area contributed by atoms with Crippen LogP contribution in [0.4, 0.5) is 18.9 Å². The maximum atomic E-state index is 12.5. The smallest absolute Gasteiger partial charge is 0.395 e. The van der Waals surface area contributed by atoms with E-state index in [0.29, 0.717) is 5.69 Å². The van der Waals surface area contributed by atoms with Gasteiger partial charge in [-0.3, -0.25) is 0 Å². The molecule has 1 rings (SSSR count). The first-order valence-corrected chi connectivity index (χ1v) is 4.93. The molecule has 0 aliphatic rings. The van der Waals surface area contributed by atoms with Crippen LogP contribution >= 0.6 is 11.6 Å². The third-order valence-corrected chi connectivity index (χ3v) is 2.46. The molecule has 0 radical (unpaired) electrons. The van der Waals surface area contributed by atoms with Crippen molar-refractivity contribution in [2.24, 2.45) is 0 Å². The Bertz CT molecular complexity index is 368. The summed E-state index contributed by atoms with van der Waals surface area (Å²) >= 11 is 5.47. The van der Waals surface area contributed by atoms with Crippen molar-refractivity contribution in [1.82, 2.24) is 0 Å². The van der Waals surface area contributed by atoms with E-state index in [0.717, 1.165) is 6.07 Å². The van der Waals surface area contributed by atoms with Gasteiger partial charge in [0, 0.05) is 19.3 Å². The molecule has 0 fully saturated rings. The highest BCUT2D eigenvalue weighted by atomic mass is 35.5. The Morgan fingerprint density at radius 3 is 2.50 bits per heavy atom. The average molecular weight is 254 g/mol. The Kier molecular flexibility index (Phi) is 4.04. The molecule has 0 unspecified atom stereocenters. The van der Waals surface area contributed by atoms with Crippen LogP contribution in [0.5, 0.6) is 0 Å². The van der Waals surface area contributed by atoms with Crippen LogP contribution in [0.25, 0.3) is 0 Å². The normalized spacial score (nSPS) is 11.6. The van der Waals surface area contributed by atoms with E-state index in [2.05, 4.69) is 0 Å². The van der Waals surface area contributed by atoms with Crippen molar-refractivity contribution in [1.29, 1.82) is 0 Å². The lowest BCUT2D eigenvalue weighted by molar-refractivity contribution is -0.137. The Morgan fingerprint density at radius 1 is 1.38 bits per heavy atom. The fourth-order valence-corrected chi connectivity index (χ4v) is 1.47. The van der Waals surface area contributed by atoms with Crippen LogP contribution in [0.1, 0.15) is 5.56 Å². The van der Waals surface area contributed by atoms with Crippen molar-refractivity contribution >= 4 is 17.3 Å². The number of aliphatic hydroxyl groups is 1. The summed E-state index contributed by atoms with van der Waals surface area (Å²) in [6.07, 6.45) is -4.47. The molecular formula is C10H11ClF3NO. The molecule has 0 amide bonds. The molecule has 1 aromatic rings. The van der Waals surface area contributed by atoms with Gasteiger partial charge in [-0.05, 0) is 18.2 Å². The standard InChI is InChI=1S/C10H11ClF3NO/c1-15(4-5-16)7-2-3-9(11)8(6-7)10(12,13)14/h2-3,6,16H,4-5H2,1H3. The highest BCUT2D eigenvalue weighted by molar-refractivity contribution is 6.31. The number of rotatable bonds is 3. The molecule has 16 heavy (non-hydrogen) atoms. The van der Waals surface area contributed by atoms with Gasteiger partial charge in [-0.25, -0.2) is 0 Å². The van der Waals surface area contributed by atoms with Crippen LogP contribution in [0.2, 0.25) is 5.02 Å². The summed E-state index contributed by atoms with van der Waals surface area (Å²) in [5.74, 6) is 0. The summed E-state index contributed by atoms with van der Waals surface area (Å²) < 4.78 is 37.6. The van der Waals surface area contributed by atoms with Crippen molar-refractivity contribution in [3.8, 4) is 0 Å². The summed E-state index contributed by atoms with van der Waals surface area (Å²) in [6.45, 7) is 0.138. The van der Waals surface area contributed by atoms with Gasteiger partial charge in [-0.2, -0.15) is 13.2 Å². The van der Waals surface area contributed by atoms with Gasteiger partial charge in [0.05, 0.1) is 17.2 Å². The number of benzene rings is 1. The van der Waals surface area contributed by atoms with Crippen molar-refractivity contribution < 1.29 is 18.3 Å². The predicted molar refractivity (Wildman–Crippen MR) is 56.8 cm³/mol. The molecule has 0 bridgehead atoms. The number of halogens is 4. The molecule has 0 spiro atoms. The molecule has 1 N–H and O–H groups in total. The Hall–Kier alpha value is -0.940. The van der Waals surface area contributed by atoms with Gasteiger partial charge in [0.15, 0.2) is 0 Å². The minimum absolute atomic E-state index is 0.125. The summed E-state index contributed by atoms with van der Waals surface area (Å²) in [4.78, 5) is 1.52. The van der Waals surface area contributed by atoms with Gasteiger partial charge in [-0.15, -0.1) is 0 Å². The first kappa shape index (κ1) is 13.1. The van der Waals surface area contributed by atoms with Gasteiger partial charge >= 0.3 is 6.18 Å². The third kappa shape index (κ3) is 3.02. The molecule has 0 saturated carbocycles. The van der Waals surface area contributed by atoms with E-state index < -0.39 is 11.7 Å². The van der Waals surface area contributed by atoms with E-state index in [4.69, 9.17) is 16.7 Å². The zero-order chi connectivity index (χ0) is 12.3. The predicted octanol–water partition coefficient (Wildman–Crippen LogP) is 2.79. The fourth-order valence-electron chi connectivity index (χ4n) is 1.25. The number of likely N-dealkylation sites (N-methyl/N-ethyl adjacent to an activating group) is 1. The topological polar surface area (TPSA) is 23.5 Å². The summed E-state index contributed by atoms with van der Waals surface area (Å²) in [5.41, 5.74) is -0.498. The fraction of sp³-hybridized carbons (Fsp3) is 0.400. The number of anilines is 1. The maximum absolute atomic E-state index is 12.5. The zero-order valence-electron chi connectivity index (χ0n) is 8.55. The third-order valence-electron chi connectivity index (χ3n) is 2.13. The van der Waals surface area contributed by atoms with Crippen LogP contribution < -0.4 is 4.90 Å². The molecule has 0 aliphatic carbocycles. The number of aliphatic hydroxyl groups excluding tert-OH is 1. The number of hydrogen-bond acceptors (Lipinski definition) is 2. The van der Waals surface area contributed by atoms with Crippen molar-refractivity contribution in [3.05, 3.63) is 28.8 Å². The minimum Gasteiger partial charge on any atom is -0.395 e. The lowest BCUT2D eigenvalue weighted by Gasteiger charge is -2.19. The van der Waals surface area contributed by atoms with Gasteiger partial charge in [-0.1, -0.05) is 11.6 Å². The highest BCUT2D eigenvalue weighted by Gasteiger charge is 2.33. The SMILES string of the molecule is CN(CCO)c1ccc(Cl)c(C(F)(F)F)c1. The van der Waals surface area contributed by atoms with Crippen LogP contribution in [-0.4, -0.2) is 25.3 Å². The molecule has 2 nitrogen and oxygen atoms in total. The van der Waals surface area contributed by atoms with Crippen molar-refractivity contribution in [3.63, 3.8) is 0 Å². The Morgan fingerprint density at radius 2 is 2.00 bits per heavy atom. The Labute approximate surface area is 96.2 Å². The minimum atomic E-state index is -4.47. The maximum Gasteiger partial charge on any atom is 0.417 e. The largest absolute Gasteiger partial charge is 0.417 e. The van der Waals surface area contributed by atoms with Crippen molar-refractivity contribution in [2.45, 2.75) is 6.18 Å². The van der Waals surface area contributed by atoms with E-state index in [1.165, 1.54) is 17.0 Å².